The van der Waals surface area contributed by atoms with Crippen molar-refractivity contribution in [3.63, 3.8) is 0 Å². The number of imidazole rings is 1. The van der Waals surface area contributed by atoms with E-state index in [0.29, 0.717) is 0 Å². The van der Waals surface area contributed by atoms with E-state index < -0.39 is 32.6 Å². The Kier molecular flexibility index (Phi) is 6.92. The van der Waals surface area contributed by atoms with Crippen LogP contribution in [0.1, 0.15) is 21.6 Å². The minimum atomic E-state index is -4.21. The number of nitrogens with zero attached hydrogens (tertiary/aromatic N) is 2. The summed E-state index contributed by atoms with van der Waals surface area (Å²) >= 11 is 17.7. The van der Waals surface area contributed by atoms with Crippen molar-refractivity contribution in [1.82, 2.24) is 15.3 Å². The van der Waals surface area contributed by atoms with E-state index in [1.807, 2.05) is 6.07 Å². The maximum atomic E-state index is 15.0. The van der Waals surface area contributed by atoms with Crippen molar-refractivity contribution in [2.75, 3.05) is 0 Å². The summed E-state index contributed by atoms with van der Waals surface area (Å²) in [6, 6.07) is 8.67. The largest absolute Gasteiger partial charge is 0.453 e. The molecular weight excluding hydrogens is 508 g/mol. The van der Waals surface area contributed by atoms with Crippen molar-refractivity contribution in [3.8, 4) is 17.6 Å². The third kappa shape index (κ3) is 5.29. The summed E-state index contributed by atoms with van der Waals surface area (Å²) in [5.74, 6) is -2.03. The van der Waals surface area contributed by atoms with Gasteiger partial charge in [-0.3, -0.25) is 4.79 Å². The van der Waals surface area contributed by atoms with Crippen LogP contribution in [-0.4, -0.2) is 24.3 Å². The monoisotopic (exact) mass is 517 g/mol. The number of nitrogens with two attached hydrogens (primary N) is 1. The minimum Gasteiger partial charge on any atom is -0.453 e. The summed E-state index contributed by atoms with van der Waals surface area (Å²) in [5.41, 5.74) is -0.259. The van der Waals surface area contributed by atoms with E-state index in [2.05, 4.69) is 15.3 Å². The number of amides is 1. The highest BCUT2D eigenvalue weighted by Crippen LogP contribution is 2.35. The van der Waals surface area contributed by atoms with Gasteiger partial charge in [0, 0.05) is 17.1 Å². The molecule has 1 heterocycles. The van der Waals surface area contributed by atoms with E-state index in [4.69, 9.17) is 49.9 Å². The van der Waals surface area contributed by atoms with Crippen LogP contribution in [0, 0.1) is 17.1 Å². The van der Waals surface area contributed by atoms with Crippen LogP contribution < -0.4 is 15.2 Å². The third-order valence-electron chi connectivity index (χ3n) is 3.91. The van der Waals surface area contributed by atoms with Crippen molar-refractivity contribution >= 4 is 50.7 Å². The van der Waals surface area contributed by atoms with Gasteiger partial charge in [0.1, 0.15) is 10.9 Å². The highest BCUT2D eigenvalue weighted by Gasteiger charge is 2.22. The van der Waals surface area contributed by atoms with E-state index in [-0.39, 0.29) is 44.4 Å². The van der Waals surface area contributed by atoms with Gasteiger partial charge in [-0.25, -0.2) is 22.9 Å². The highest BCUT2D eigenvalue weighted by atomic mass is 35.5. The number of primary sulfonamides is 1. The summed E-state index contributed by atoms with van der Waals surface area (Å²) in [6.07, 6.45) is 0. The Labute approximate surface area is 195 Å². The minimum absolute atomic E-state index is 0.0152. The number of hydrogen-bond donors (Lipinski definition) is 3. The Balaban J connectivity index is 1.82. The Morgan fingerprint density at radius 2 is 2.00 bits per heavy atom. The molecule has 32 heavy (non-hydrogen) atoms. The first-order valence-corrected chi connectivity index (χ1v) is 11.1. The molecule has 0 aliphatic heterocycles. The second kappa shape index (κ2) is 9.32. The second-order valence-corrected chi connectivity index (χ2v) is 8.87. The summed E-state index contributed by atoms with van der Waals surface area (Å²) in [4.78, 5) is 18.0. The van der Waals surface area contributed by atoms with Crippen molar-refractivity contribution in [2.45, 2.75) is 11.7 Å². The number of nitrogens with one attached hydrogen (secondary N) is 2. The molecule has 0 radical (unpaired) electrons. The fourth-order valence-electron chi connectivity index (χ4n) is 2.48. The summed E-state index contributed by atoms with van der Waals surface area (Å²) in [6.45, 7) is -0.342. The number of rotatable bonds is 6. The second-order valence-electron chi connectivity index (χ2n) is 6.17. The van der Waals surface area contributed by atoms with Gasteiger partial charge in [-0.05, 0) is 24.3 Å². The van der Waals surface area contributed by atoms with Crippen LogP contribution in [0.15, 0.2) is 35.5 Å². The lowest BCUT2D eigenvalue weighted by Crippen LogP contribution is -2.24. The summed E-state index contributed by atoms with van der Waals surface area (Å²) in [7, 11) is -4.21. The first kappa shape index (κ1) is 23.8. The van der Waals surface area contributed by atoms with Crippen LogP contribution in [0.3, 0.4) is 0 Å². The molecule has 1 aromatic heterocycles. The van der Waals surface area contributed by atoms with Crippen LogP contribution in [0.5, 0.6) is 11.5 Å². The highest BCUT2D eigenvalue weighted by molar-refractivity contribution is 7.89. The van der Waals surface area contributed by atoms with E-state index in [1.165, 1.54) is 30.3 Å². The number of sulfonamides is 1. The molecule has 3 rings (SSSR count). The Morgan fingerprint density at radius 3 is 2.62 bits per heavy atom. The first-order chi connectivity index (χ1) is 15.0. The lowest BCUT2D eigenvalue weighted by Gasteiger charge is -2.13. The molecule has 0 unspecified atom stereocenters. The van der Waals surface area contributed by atoms with Crippen molar-refractivity contribution < 1.29 is 22.3 Å². The van der Waals surface area contributed by atoms with Crippen molar-refractivity contribution in [3.05, 3.63) is 68.2 Å². The molecule has 4 N–H and O–H groups in total. The van der Waals surface area contributed by atoms with E-state index >= 15 is 0 Å². The molecule has 0 saturated carbocycles. The van der Waals surface area contributed by atoms with Gasteiger partial charge in [-0.1, -0.05) is 40.9 Å². The molecule has 3 aromatic rings. The summed E-state index contributed by atoms with van der Waals surface area (Å²) in [5, 5.41) is 15.4. The first-order valence-electron chi connectivity index (χ1n) is 8.41. The van der Waals surface area contributed by atoms with Crippen LogP contribution in [-0.2, 0) is 16.6 Å². The Morgan fingerprint density at radius 1 is 1.28 bits per heavy atom. The number of H-pyrrole nitrogens is 1. The molecule has 2 aromatic carbocycles. The number of aromatic nitrogens is 2. The fraction of sp³-hybridized carbons (Fsp3) is 0.0556. The van der Waals surface area contributed by atoms with E-state index in [1.54, 1.807) is 0 Å². The molecule has 0 aliphatic rings. The molecule has 0 bridgehead atoms. The standard InChI is InChI=1S/C18H11Cl3FN5O4S/c19-10-3-8(6-23)4-11(5-10)31-15-12(20)2-1-9(13(15)22)7-25-17(28)14-16(21)27-18(26-14)32(24,29)30/h1-5H,7H2,(H,25,28)(H,26,27)(H2,24,29,30). The zero-order valence-electron chi connectivity index (χ0n) is 15.6. The van der Waals surface area contributed by atoms with Gasteiger partial charge in [0.15, 0.2) is 17.3 Å². The zero-order valence-corrected chi connectivity index (χ0v) is 18.7. The average Bonchev–Trinajstić information content (AvgIpc) is 3.12. The Bertz CT molecular complexity index is 1370. The van der Waals surface area contributed by atoms with Gasteiger partial charge in [0.05, 0.1) is 16.7 Å². The molecule has 0 saturated heterocycles. The molecule has 14 heteroatoms. The van der Waals surface area contributed by atoms with Crippen LogP contribution in [0.2, 0.25) is 15.2 Å². The lowest BCUT2D eigenvalue weighted by molar-refractivity contribution is 0.0946. The molecule has 0 atom stereocenters. The molecule has 0 fully saturated rings. The molecule has 0 aliphatic carbocycles. The van der Waals surface area contributed by atoms with Crippen molar-refractivity contribution in [1.29, 1.82) is 5.26 Å². The quantitative estimate of drug-likeness (QED) is 0.452. The van der Waals surface area contributed by atoms with E-state index in [9.17, 15) is 17.6 Å². The molecule has 9 nitrogen and oxygen atoms in total. The van der Waals surface area contributed by atoms with Gasteiger partial charge in [0.25, 0.3) is 15.9 Å². The smallest absolute Gasteiger partial charge is 0.273 e. The molecular formula is C18H11Cl3FN5O4S. The van der Waals surface area contributed by atoms with Crippen molar-refractivity contribution in [2.24, 2.45) is 5.14 Å². The van der Waals surface area contributed by atoms with Crippen LogP contribution in [0.4, 0.5) is 4.39 Å². The van der Waals surface area contributed by atoms with Crippen LogP contribution in [0.25, 0.3) is 0 Å². The number of aromatic amines is 1. The zero-order chi connectivity index (χ0) is 23.6. The van der Waals surface area contributed by atoms with Gasteiger partial charge >= 0.3 is 0 Å². The molecule has 166 valence electrons. The number of ether oxygens (including phenoxy) is 1. The fourth-order valence-corrected chi connectivity index (χ4v) is 3.63. The molecule has 1 amide bonds. The number of carbonyl (C=O) groups excluding carboxylic acids is 1. The predicted molar refractivity (Wildman–Crippen MR) is 114 cm³/mol. The number of carbonyl (C=O) groups is 1. The number of benzene rings is 2. The number of halogens is 4. The topological polar surface area (TPSA) is 151 Å². The maximum Gasteiger partial charge on any atom is 0.273 e. The predicted octanol–water partition coefficient (Wildman–Crippen LogP) is 3.75. The van der Waals surface area contributed by atoms with Gasteiger partial charge in [-0.2, -0.15) is 5.26 Å². The molecule has 0 spiro atoms. The third-order valence-corrected chi connectivity index (χ3v) is 5.43. The Hall–Kier alpha value is -2.88. The SMILES string of the molecule is N#Cc1cc(Cl)cc(Oc2c(Cl)ccc(CNC(=O)c3nc(S(N)(=O)=O)[nH]c3Cl)c2F)c1. The number of hydrogen-bond acceptors (Lipinski definition) is 6. The lowest BCUT2D eigenvalue weighted by atomic mass is 10.2. The van der Waals surface area contributed by atoms with Gasteiger partial charge < -0.3 is 15.0 Å². The maximum absolute atomic E-state index is 15.0. The normalized spacial score (nSPS) is 11.1. The van der Waals surface area contributed by atoms with Gasteiger partial charge in [-0.15, -0.1) is 0 Å². The van der Waals surface area contributed by atoms with E-state index in [0.717, 1.165) is 0 Å². The average molecular weight is 519 g/mol. The van der Waals surface area contributed by atoms with Gasteiger partial charge in [0.2, 0.25) is 5.16 Å². The number of nitriles is 1. The summed E-state index contributed by atoms with van der Waals surface area (Å²) < 4.78 is 43.1. The van der Waals surface area contributed by atoms with Crippen LogP contribution >= 0.6 is 34.8 Å².